The zero-order valence-electron chi connectivity index (χ0n) is 7.80. The standard InChI is InChI=1S/C9H5N5O/c1-4-2-3-5(15-4)6-7-8-11-9(10-6)14(7)13-12-8/h2-3H,1H3. The maximum Gasteiger partial charge on any atom is 0.255 e. The van der Waals surface area contributed by atoms with Crippen LogP contribution in [0.4, 0.5) is 0 Å². The molecule has 72 valence electrons. The fourth-order valence-corrected chi connectivity index (χ4v) is 1.80. The van der Waals surface area contributed by atoms with Crippen LogP contribution in [0.15, 0.2) is 16.5 Å². The molecule has 0 aliphatic carbocycles. The lowest BCUT2D eigenvalue weighted by Gasteiger charge is -1.90. The van der Waals surface area contributed by atoms with E-state index in [9.17, 15) is 0 Å². The molecule has 6 heteroatoms. The number of hydrogen-bond acceptors (Lipinski definition) is 5. The smallest absolute Gasteiger partial charge is 0.255 e. The molecule has 0 amide bonds. The summed E-state index contributed by atoms with van der Waals surface area (Å²) in [5.74, 6) is 2.18. The topological polar surface area (TPSA) is 69.1 Å². The average molecular weight is 199 g/mol. The first-order valence-corrected chi connectivity index (χ1v) is 4.53. The Bertz CT molecular complexity index is 738. The van der Waals surface area contributed by atoms with Gasteiger partial charge in [0.25, 0.3) is 5.78 Å². The van der Waals surface area contributed by atoms with E-state index in [-0.39, 0.29) is 0 Å². The van der Waals surface area contributed by atoms with Crippen LogP contribution in [0.1, 0.15) is 5.76 Å². The molecule has 0 fully saturated rings. The number of aromatic nitrogens is 5. The van der Waals surface area contributed by atoms with Crippen molar-refractivity contribution in [1.29, 1.82) is 0 Å². The molecule has 4 heterocycles. The Kier molecular flexibility index (Phi) is 0.972. The predicted octanol–water partition coefficient (Wildman–Crippen LogP) is 1.12. The average Bonchev–Trinajstić information content (AvgIpc) is 2.93. The third kappa shape index (κ3) is 0.709. The second-order valence-corrected chi connectivity index (χ2v) is 3.46. The van der Waals surface area contributed by atoms with Gasteiger partial charge in [-0.25, -0.2) is 4.98 Å². The van der Waals surface area contributed by atoms with Crippen molar-refractivity contribution >= 4 is 16.9 Å². The molecule has 4 aromatic rings. The summed E-state index contributed by atoms with van der Waals surface area (Å²) in [4.78, 5) is 8.45. The van der Waals surface area contributed by atoms with Crippen LogP contribution in [0, 0.1) is 6.92 Å². The molecule has 0 aliphatic heterocycles. The van der Waals surface area contributed by atoms with Crippen molar-refractivity contribution in [2.45, 2.75) is 6.92 Å². The van der Waals surface area contributed by atoms with E-state index >= 15 is 0 Å². The summed E-state index contributed by atoms with van der Waals surface area (Å²) in [5, 5.41) is 7.80. The van der Waals surface area contributed by atoms with E-state index in [0.717, 1.165) is 22.7 Å². The van der Waals surface area contributed by atoms with Crippen LogP contribution in [0.3, 0.4) is 0 Å². The number of imidazole rings is 2. The van der Waals surface area contributed by atoms with Crippen LogP contribution in [-0.2, 0) is 0 Å². The summed E-state index contributed by atoms with van der Waals surface area (Å²) in [7, 11) is 0. The minimum atomic E-state index is 0.582. The Hall–Kier alpha value is -2.24. The van der Waals surface area contributed by atoms with E-state index in [1.807, 2.05) is 19.1 Å². The molecule has 0 aliphatic rings. The molecule has 6 nitrogen and oxygen atoms in total. The van der Waals surface area contributed by atoms with Gasteiger partial charge in [0.1, 0.15) is 17.0 Å². The quantitative estimate of drug-likeness (QED) is 0.459. The fraction of sp³-hybridized carbons (Fsp3) is 0.111. The summed E-state index contributed by atoms with van der Waals surface area (Å²) in [5.41, 5.74) is 2.23. The van der Waals surface area contributed by atoms with Gasteiger partial charge < -0.3 is 4.42 Å². The SMILES string of the molecule is Cc1ccc(-c2nc3nc4nnn3c24)o1. The molecule has 0 aromatic carbocycles. The van der Waals surface area contributed by atoms with E-state index in [4.69, 9.17) is 4.42 Å². The van der Waals surface area contributed by atoms with Crippen molar-refractivity contribution in [3.05, 3.63) is 17.9 Å². The predicted molar refractivity (Wildman–Crippen MR) is 50.9 cm³/mol. The van der Waals surface area contributed by atoms with Crippen LogP contribution in [-0.4, -0.2) is 24.8 Å². The van der Waals surface area contributed by atoms with Crippen LogP contribution in [0.2, 0.25) is 0 Å². The van der Waals surface area contributed by atoms with Gasteiger partial charge >= 0.3 is 0 Å². The van der Waals surface area contributed by atoms with Crippen LogP contribution in [0.5, 0.6) is 0 Å². The minimum Gasteiger partial charge on any atom is -0.460 e. The molecule has 4 rings (SSSR count). The maximum atomic E-state index is 5.51. The number of hydrogen-bond donors (Lipinski definition) is 0. The number of aryl methyl sites for hydroxylation is 1. The fourth-order valence-electron chi connectivity index (χ4n) is 1.80. The Balaban J connectivity index is 2.12. The molecule has 0 radical (unpaired) electrons. The van der Waals surface area contributed by atoms with Crippen LogP contribution >= 0.6 is 0 Å². The van der Waals surface area contributed by atoms with Crippen molar-refractivity contribution in [3.63, 3.8) is 0 Å². The molecule has 4 aromatic heterocycles. The van der Waals surface area contributed by atoms with Gasteiger partial charge in [-0.05, 0) is 19.1 Å². The first kappa shape index (κ1) is 7.10. The van der Waals surface area contributed by atoms with Gasteiger partial charge in [-0.3, -0.25) is 0 Å². The van der Waals surface area contributed by atoms with Crippen molar-refractivity contribution in [2.24, 2.45) is 0 Å². The third-order valence-corrected chi connectivity index (χ3v) is 2.46. The Morgan fingerprint density at radius 2 is 2.20 bits per heavy atom. The zero-order valence-corrected chi connectivity index (χ0v) is 7.80. The Morgan fingerprint density at radius 1 is 1.27 bits per heavy atom. The molecule has 0 unspecified atom stereocenters. The first-order chi connectivity index (χ1) is 7.33. The lowest BCUT2D eigenvalue weighted by molar-refractivity contribution is 0.547. The zero-order chi connectivity index (χ0) is 9.99. The van der Waals surface area contributed by atoms with Gasteiger partial charge in [0.15, 0.2) is 5.76 Å². The number of rotatable bonds is 1. The van der Waals surface area contributed by atoms with E-state index in [1.54, 1.807) is 4.52 Å². The van der Waals surface area contributed by atoms with Crippen molar-refractivity contribution in [2.75, 3.05) is 0 Å². The highest BCUT2D eigenvalue weighted by Gasteiger charge is 2.23. The van der Waals surface area contributed by atoms with Crippen LogP contribution < -0.4 is 0 Å². The summed E-state index contributed by atoms with van der Waals surface area (Å²) in [6.07, 6.45) is 0. The van der Waals surface area contributed by atoms with Crippen molar-refractivity contribution < 1.29 is 4.42 Å². The molecule has 4 bridgehead atoms. The van der Waals surface area contributed by atoms with Gasteiger partial charge in [-0.2, -0.15) is 9.50 Å². The number of nitrogens with zero attached hydrogens (tertiary/aromatic N) is 5. The first-order valence-electron chi connectivity index (χ1n) is 4.53. The second kappa shape index (κ2) is 2.05. The molecule has 0 spiro atoms. The van der Waals surface area contributed by atoms with Gasteiger partial charge in [0.05, 0.1) is 0 Å². The normalized spacial score (nSPS) is 12.3. The molecule has 0 saturated carbocycles. The largest absolute Gasteiger partial charge is 0.460 e. The van der Waals surface area contributed by atoms with Gasteiger partial charge in [0.2, 0.25) is 5.65 Å². The minimum absolute atomic E-state index is 0.582. The maximum absolute atomic E-state index is 5.51. The molecular weight excluding hydrogens is 194 g/mol. The van der Waals surface area contributed by atoms with E-state index in [0.29, 0.717) is 11.4 Å². The lowest BCUT2D eigenvalue weighted by Crippen LogP contribution is -1.88. The van der Waals surface area contributed by atoms with E-state index < -0.39 is 0 Å². The van der Waals surface area contributed by atoms with Gasteiger partial charge in [0, 0.05) is 0 Å². The third-order valence-electron chi connectivity index (χ3n) is 2.46. The highest BCUT2D eigenvalue weighted by Crippen LogP contribution is 2.30. The summed E-state index contributed by atoms with van der Waals surface area (Å²) in [6.45, 7) is 1.90. The molecule has 0 atom stereocenters. The van der Waals surface area contributed by atoms with Gasteiger partial charge in [-0.1, -0.05) is 5.21 Å². The van der Waals surface area contributed by atoms with Crippen molar-refractivity contribution in [3.8, 4) is 11.5 Å². The molecular formula is C9H5N5O. The summed E-state index contributed by atoms with van der Waals surface area (Å²) < 4.78 is 7.14. The summed E-state index contributed by atoms with van der Waals surface area (Å²) in [6, 6.07) is 3.80. The Labute approximate surface area is 83.2 Å². The van der Waals surface area contributed by atoms with Crippen LogP contribution in [0.25, 0.3) is 28.4 Å². The lowest BCUT2D eigenvalue weighted by atomic mass is 10.3. The molecule has 0 N–H and O–H groups in total. The molecule has 0 saturated heterocycles. The second-order valence-electron chi connectivity index (χ2n) is 3.46. The van der Waals surface area contributed by atoms with Crippen molar-refractivity contribution in [1.82, 2.24) is 24.8 Å². The highest BCUT2D eigenvalue weighted by molar-refractivity contribution is 5.91. The van der Waals surface area contributed by atoms with E-state index in [1.165, 1.54) is 0 Å². The Morgan fingerprint density at radius 3 is 2.87 bits per heavy atom. The summed E-state index contributed by atoms with van der Waals surface area (Å²) >= 11 is 0. The monoisotopic (exact) mass is 199 g/mol. The van der Waals surface area contributed by atoms with E-state index in [2.05, 4.69) is 20.3 Å². The molecule has 15 heavy (non-hydrogen) atoms. The van der Waals surface area contributed by atoms with Gasteiger partial charge in [-0.15, -0.1) is 5.10 Å². The highest BCUT2D eigenvalue weighted by atomic mass is 16.3. The number of furan rings is 1.